The zero-order valence-electron chi connectivity index (χ0n) is 21.8. The molecule has 0 atom stereocenters. The van der Waals surface area contributed by atoms with Crippen LogP contribution in [0.15, 0.2) is 11.8 Å². The lowest BCUT2D eigenvalue weighted by Gasteiger charge is -2.27. The van der Waals surface area contributed by atoms with E-state index in [9.17, 15) is 14.7 Å². The van der Waals surface area contributed by atoms with Crippen LogP contribution in [0.3, 0.4) is 0 Å². The first-order valence-corrected chi connectivity index (χ1v) is 14.1. The molecule has 0 aromatic heterocycles. The molecule has 0 spiro atoms. The van der Waals surface area contributed by atoms with E-state index in [-0.39, 0.29) is 17.4 Å². The van der Waals surface area contributed by atoms with Crippen molar-refractivity contribution >= 4 is 11.8 Å². The molecule has 1 rings (SSSR count). The summed E-state index contributed by atoms with van der Waals surface area (Å²) in [7, 11) is 0. The molecule has 1 fully saturated rings. The SMILES string of the molecule is CCCCCCCCCCCCN1C(=O)C(=CO)C(=O)N1CCCCCCCCCCCC. The van der Waals surface area contributed by atoms with Crippen molar-refractivity contribution in [2.75, 3.05) is 13.1 Å². The maximum absolute atomic E-state index is 12.6. The Labute approximate surface area is 204 Å². The van der Waals surface area contributed by atoms with Gasteiger partial charge in [-0.25, -0.2) is 10.0 Å². The maximum Gasteiger partial charge on any atom is 0.281 e. The summed E-state index contributed by atoms with van der Waals surface area (Å²) >= 11 is 0. The Balaban J connectivity index is 2.22. The van der Waals surface area contributed by atoms with Crippen molar-refractivity contribution in [2.24, 2.45) is 0 Å². The Bertz CT molecular complexity index is 503. The van der Waals surface area contributed by atoms with Crippen LogP contribution in [0.25, 0.3) is 0 Å². The van der Waals surface area contributed by atoms with Crippen molar-refractivity contribution in [1.82, 2.24) is 10.0 Å². The molecular formula is C28H52N2O3. The van der Waals surface area contributed by atoms with Gasteiger partial charge in [-0.3, -0.25) is 9.59 Å². The van der Waals surface area contributed by atoms with Gasteiger partial charge in [0.15, 0.2) is 0 Å². The van der Waals surface area contributed by atoms with E-state index in [1.54, 1.807) is 10.0 Å². The molecule has 1 aliphatic rings. The molecule has 5 heteroatoms. The van der Waals surface area contributed by atoms with Crippen molar-refractivity contribution in [1.29, 1.82) is 0 Å². The number of unbranched alkanes of at least 4 members (excludes halogenated alkanes) is 18. The third-order valence-corrected chi connectivity index (χ3v) is 6.80. The zero-order chi connectivity index (χ0) is 24.2. The smallest absolute Gasteiger partial charge is 0.281 e. The van der Waals surface area contributed by atoms with Crippen LogP contribution in [0.5, 0.6) is 0 Å². The summed E-state index contributed by atoms with van der Waals surface area (Å²) in [6.45, 7) is 5.62. The minimum Gasteiger partial charge on any atom is -0.515 e. The average Bonchev–Trinajstić information content (AvgIpc) is 3.04. The fraction of sp³-hybridized carbons (Fsp3) is 0.857. The maximum atomic E-state index is 12.6. The molecule has 2 amide bonds. The molecule has 1 N–H and O–H groups in total. The fourth-order valence-electron chi connectivity index (χ4n) is 4.64. The molecule has 0 unspecified atom stereocenters. The van der Waals surface area contributed by atoms with Gasteiger partial charge in [0.1, 0.15) is 5.57 Å². The summed E-state index contributed by atoms with van der Waals surface area (Å²) in [5.41, 5.74) is -0.0887. The molecule has 33 heavy (non-hydrogen) atoms. The first kappa shape index (κ1) is 29.5. The molecule has 1 aliphatic heterocycles. The molecule has 1 saturated heterocycles. The Morgan fingerprint density at radius 3 is 1.06 bits per heavy atom. The molecule has 192 valence electrons. The van der Waals surface area contributed by atoms with Gasteiger partial charge in [0.05, 0.1) is 6.26 Å². The molecule has 0 bridgehead atoms. The van der Waals surface area contributed by atoms with Crippen molar-refractivity contribution < 1.29 is 14.7 Å². The topological polar surface area (TPSA) is 60.9 Å². The van der Waals surface area contributed by atoms with Crippen LogP contribution in [-0.2, 0) is 9.59 Å². The van der Waals surface area contributed by atoms with Crippen molar-refractivity contribution in [3.63, 3.8) is 0 Å². The molecule has 0 radical (unpaired) electrons. The Kier molecular flexibility index (Phi) is 17.8. The van der Waals surface area contributed by atoms with Crippen LogP contribution >= 0.6 is 0 Å². The van der Waals surface area contributed by atoms with Gasteiger partial charge in [0.25, 0.3) is 11.8 Å². The van der Waals surface area contributed by atoms with E-state index in [0.717, 1.165) is 25.7 Å². The highest BCUT2D eigenvalue weighted by molar-refractivity contribution is 6.22. The van der Waals surface area contributed by atoms with Gasteiger partial charge in [-0.15, -0.1) is 0 Å². The normalized spacial score (nSPS) is 14.1. The summed E-state index contributed by atoms with van der Waals surface area (Å²) < 4.78 is 0. The van der Waals surface area contributed by atoms with Crippen LogP contribution in [0.1, 0.15) is 142 Å². The number of hydrazine groups is 1. The minimum absolute atomic E-state index is 0.0887. The third kappa shape index (κ3) is 12.5. The highest BCUT2D eigenvalue weighted by Gasteiger charge is 2.40. The third-order valence-electron chi connectivity index (χ3n) is 6.80. The summed E-state index contributed by atoms with van der Waals surface area (Å²) in [6, 6.07) is 0. The standard InChI is InChI=1S/C28H52N2O3/c1-3-5-7-9-11-13-15-17-19-21-23-29-27(32)26(25-31)28(33)30(29)24-22-20-18-16-14-12-10-8-6-4-2/h25,31H,3-24H2,1-2H3. The molecule has 1 heterocycles. The largest absolute Gasteiger partial charge is 0.515 e. The minimum atomic E-state index is -0.342. The van der Waals surface area contributed by atoms with Crippen LogP contribution in [0.2, 0.25) is 0 Å². The lowest BCUT2D eigenvalue weighted by Crippen LogP contribution is -2.42. The van der Waals surface area contributed by atoms with Gasteiger partial charge < -0.3 is 5.11 Å². The van der Waals surface area contributed by atoms with Gasteiger partial charge in [0.2, 0.25) is 0 Å². The molecule has 0 saturated carbocycles. The molecule has 5 nitrogen and oxygen atoms in total. The van der Waals surface area contributed by atoms with Gasteiger partial charge in [-0.1, -0.05) is 129 Å². The highest BCUT2D eigenvalue weighted by atomic mass is 16.2. The number of carbonyl (C=O) groups is 2. The zero-order valence-corrected chi connectivity index (χ0v) is 21.8. The van der Waals surface area contributed by atoms with Crippen LogP contribution in [-0.4, -0.2) is 40.0 Å². The van der Waals surface area contributed by atoms with Gasteiger partial charge in [-0.05, 0) is 12.8 Å². The number of hydrogen-bond donors (Lipinski definition) is 1. The second-order valence-electron chi connectivity index (χ2n) is 9.76. The lowest BCUT2D eigenvalue weighted by atomic mass is 10.1. The van der Waals surface area contributed by atoms with Crippen LogP contribution in [0, 0.1) is 0 Å². The van der Waals surface area contributed by atoms with E-state index in [4.69, 9.17) is 0 Å². The van der Waals surface area contributed by atoms with E-state index in [2.05, 4.69) is 13.8 Å². The van der Waals surface area contributed by atoms with Crippen molar-refractivity contribution in [2.45, 2.75) is 142 Å². The Morgan fingerprint density at radius 1 is 0.515 bits per heavy atom. The molecule has 0 aliphatic carbocycles. The van der Waals surface area contributed by atoms with Gasteiger partial charge in [-0.2, -0.15) is 0 Å². The predicted octanol–water partition coefficient (Wildman–Crippen LogP) is 7.86. The fourth-order valence-corrected chi connectivity index (χ4v) is 4.64. The number of aliphatic hydroxyl groups excluding tert-OH is 1. The van der Waals surface area contributed by atoms with E-state index in [1.165, 1.54) is 103 Å². The lowest BCUT2D eigenvalue weighted by molar-refractivity contribution is -0.147. The van der Waals surface area contributed by atoms with Crippen LogP contribution in [0.4, 0.5) is 0 Å². The average molecular weight is 465 g/mol. The molecule has 0 aromatic rings. The first-order chi connectivity index (χ1) is 16.2. The molecular weight excluding hydrogens is 412 g/mol. The summed E-state index contributed by atoms with van der Waals surface area (Å²) in [6.07, 6.45) is 25.5. The van der Waals surface area contributed by atoms with E-state index < -0.39 is 0 Å². The molecule has 0 aromatic carbocycles. The number of nitrogens with zero attached hydrogens (tertiary/aromatic N) is 2. The predicted molar refractivity (Wildman–Crippen MR) is 138 cm³/mol. The second kappa shape index (κ2) is 19.9. The second-order valence-corrected chi connectivity index (χ2v) is 9.76. The Morgan fingerprint density at radius 2 is 0.788 bits per heavy atom. The van der Waals surface area contributed by atoms with Crippen molar-refractivity contribution in [3.8, 4) is 0 Å². The Hall–Kier alpha value is -1.52. The van der Waals surface area contributed by atoms with Crippen molar-refractivity contribution in [3.05, 3.63) is 11.8 Å². The van der Waals surface area contributed by atoms with E-state index >= 15 is 0 Å². The first-order valence-electron chi connectivity index (χ1n) is 14.1. The number of hydrogen-bond acceptors (Lipinski definition) is 3. The summed E-state index contributed by atoms with van der Waals surface area (Å²) in [5.74, 6) is -0.684. The van der Waals surface area contributed by atoms with Gasteiger partial charge in [0, 0.05) is 13.1 Å². The van der Waals surface area contributed by atoms with E-state index in [0.29, 0.717) is 19.4 Å². The number of carbonyl (C=O) groups excluding carboxylic acids is 2. The van der Waals surface area contributed by atoms with Gasteiger partial charge >= 0.3 is 0 Å². The number of rotatable bonds is 22. The van der Waals surface area contributed by atoms with E-state index in [1.807, 2.05) is 0 Å². The highest BCUT2D eigenvalue weighted by Crippen LogP contribution is 2.22. The monoisotopic (exact) mass is 464 g/mol. The quantitative estimate of drug-likeness (QED) is 0.0767. The van der Waals surface area contributed by atoms with Crippen LogP contribution < -0.4 is 0 Å². The summed E-state index contributed by atoms with van der Waals surface area (Å²) in [4.78, 5) is 25.1. The number of amides is 2. The summed E-state index contributed by atoms with van der Waals surface area (Å²) in [5, 5.41) is 12.5. The number of aliphatic hydroxyl groups is 1.